The van der Waals surface area contributed by atoms with Crippen molar-refractivity contribution in [1.29, 1.82) is 0 Å². The highest BCUT2D eigenvalue weighted by molar-refractivity contribution is 5.57. The molecule has 0 spiro atoms. The van der Waals surface area contributed by atoms with Crippen LogP contribution in [0.3, 0.4) is 0 Å². The van der Waals surface area contributed by atoms with Gasteiger partial charge in [0.2, 0.25) is 6.67 Å². The van der Waals surface area contributed by atoms with Crippen LogP contribution in [-0.4, -0.2) is 23.9 Å². The maximum absolute atomic E-state index is 10.6. The molecule has 0 heterocycles. The Hall–Kier alpha value is -0.970. The van der Waals surface area contributed by atoms with Crippen LogP contribution >= 0.6 is 0 Å². The number of aldehydes is 1. The Labute approximate surface area is 71.8 Å². The third kappa shape index (κ3) is 4.79. The summed E-state index contributed by atoms with van der Waals surface area (Å²) in [5, 5.41) is 14.2. The van der Waals surface area contributed by atoms with Crippen LogP contribution in [0.15, 0.2) is 5.11 Å². The summed E-state index contributed by atoms with van der Waals surface area (Å²) in [6.07, 6.45) is 1.25. The lowest BCUT2D eigenvalue weighted by atomic mass is 10.1. The summed E-state index contributed by atoms with van der Waals surface area (Å²) in [5.74, 6) is 0.343. The molecule has 0 unspecified atom stereocenters. The Morgan fingerprint density at radius 1 is 1.67 bits per heavy atom. The van der Waals surface area contributed by atoms with Crippen molar-refractivity contribution in [3.63, 3.8) is 0 Å². The van der Waals surface area contributed by atoms with Crippen molar-refractivity contribution in [1.82, 2.24) is 0 Å². The predicted molar refractivity (Wildman–Crippen MR) is 44.4 cm³/mol. The third-order valence-corrected chi connectivity index (χ3v) is 1.30. The maximum Gasteiger partial charge on any atom is 0.231 e. The van der Waals surface area contributed by atoms with E-state index < -0.39 is 6.04 Å². The fourth-order valence-electron chi connectivity index (χ4n) is 0.825. The maximum atomic E-state index is 10.6. The number of carbonyl (C=O) groups excluding carboxylic acids is 1. The number of hydrogen-bond donors (Lipinski definition) is 1. The Kier molecular flexibility index (Phi) is 5.19. The van der Waals surface area contributed by atoms with Gasteiger partial charge in [-0.15, -0.1) is 0 Å². The molecule has 0 fully saturated rings. The smallest absolute Gasteiger partial charge is 0.231 e. The molecule has 0 aromatic rings. The van der Waals surface area contributed by atoms with E-state index in [1.54, 1.807) is 0 Å². The third-order valence-electron chi connectivity index (χ3n) is 1.30. The first-order chi connectivity index (χ1) is 5.60. The fraction of sp³-hybridized carbons (Fsp3) is 0.857. The summed E-state index contributed by atoms with van der Waals surface area (Å²) in [6.45, 7) is 3.72. The minimum Gasteiger partial charge on any atom is -0.599 e. The number of hydrogen-bond acceptors (Lipinski definition) is 4. The molecule has 0 aliphatic heterocycles. The summed E-state index contributed by atoms with van der Waals surface area (Å²) < 4.78 is 0. The Morgan fingerprint density at radius 3 is 2.58 bits per heavy atom. The molecule has 0 aromatic carbocycles. The zero-order chi connectivity index (χ0) is 9.56. The highest BCUT2D eigenvalue weighted by Gasteiger charge is 2.11. The number of nitrogens with two attached hydrogens (primary N) is 1. The Balaban J connectivity index is 4.07. The topological polar surface area (TPSA) is 81.5 Å². The van der Waals surface area contributed by atoms with Crippen LogP contribution in [0.2, 0.25) is 0 Å². The van der Waals surface area contributed by atoms with Gasteiger partial charge in [-0.1, -0.05) is 18.7 Å². The van der Waals surface area contributed by atoms with E-state index in [2.05, 4.69) is 5.11 Å². The second-order valence-electron chi connectivity index (χ2n) is 2.98. The van der Waals surface area contributed by atoms with E-state index in [-0.39, 0.29) is 6.67 Å². The molecule has 0 bridgehead atoms. The molecule has 5 nitrogen and oxygen atoms in total. The van der Waals surface area contributed by atoms with Gasteiger partial charge in [0.05, 0.1) is 0 Å². The standard InChI is InChI=1S/C7H15N3O2/c1-6(2)3-7(4-11)9-10(12)5-8/h4,6-7H,3,5,8H2,1-2H3/t7-/m0/s1. The summed E-state index contributed by atoms with van der Waals surface area (Å²) in [6, 6.07) is -0.550. The summed E-state index contributed by atoms with van der Waals surface area (Å²) in [4.78, 5) is 10.7. The van der Waals surface area contributed by atoms with E-state index in [1.165, 1.54) is 0 Å². The van der Waals surface area contributed by atoms with E-state index in [1.807, 2.05) is 13.8 Å². The van der Waals surface area contributed by atoms with Crippen molar-refractivity contribution in [3.05, 3.63) is 5.21 Å². The summed E-state index contributed by atoms with van der Waals surface area (Å²) in [5.41, 5.74) is 5.01. The van der Waals surface area contributed by atoms with Gasteiger partial charge in [0.15, 0.2) is 12.3 Å². The van der Waals surface area contributed by atoms with Crippen LogP contribution in [-0.2, 0) is 4.79 Å². The molecule has 0 radical (unpaired) electrons. The number of hydroxylamine groups is 1. The monoisotopic (exact) mass is 173 g/mol. The van der Waals surface area contributed by atoms with Gasteiger partial charge in [-0.2, -0.15) is 0 Å². The molecule has 70 valence electrons. The average molecular weight is 173 g/mol. The molecule has 12 heavy (non-hydrogen) atoms. The molecule has 0 aliphatic carbocycles. The van der Waals surface area contributed by atoms with Crippen molar-refractivity contribution in [3.8, 4) is 0 Å². The van der Waals surface area contributed by atoms with Gasteiger partial charge in [0.25, 0.3) is 0 Å². The zero-order valence-corrected chi connectivity index (χ0v) is 7.43. The van der Waals surface area contributed by atoms with Crippen molar-refractivity contribution >= 4 is 6.29 Å². The molecule has 0 aliphatic rings. The zero-order valence-electron chi connectivity index (χ0n) is 7.43. The molecule has 0 saturated carbocycles. The van der Waals surface area contributed by atoms with Gasteiger partial charge in [-0.25, -0.2) is 0 Å². The number of azo groups is 1. The first-order valence-electron chi connectivity index (χ1n) is 3.91. The molecule has 0 aromatic heterocycles. The molecular weight excluding hydrogens is 158 g/mol. The second-order valence-corrected chi connectivity index (χ2v) is 2.98. The Morgan fingerprint density at radius 2 is 2.25 bits per heavy atom. The molecular formula is C7H15N3O2. The first kappa shape index (κ1) is 11.0. The van der Waals surface area contributed by atoms with Crippen molar-refractivity contribution in [2.75, 3.05) is 6.67 Å². The van der Waals surface area contributed by atoms with Crippen LogP contribution in [0, 0.1) is 11.1 Å². The van der Waals surface area contributed by atoms with Gasteiger partial charge < -0.3 is 10.0 Å². The lowest BCUT2D eigenvalue weighted by Gasteiger charge is -2.05. The highest BCUT2D eigenvalue weighted by Crippen LogP contribution is 2.05. The first-order valence-corrected chi connectivity index (χ1v) is 3.91. The van der Waals surface area contributed by atoms with E-state index in [0.29, 0.717) is 23.5 Å². The molecule has 1 atom stereocenters. The van der Waals surface area contributed by atoms with Gasteiger partial charge in [0.1, 0.15) is 0 Å². The molecule has 5 heteroatoms. The van der Waals surface area contributed by atoms with Crippen LogP contribution in [0.5, 0.6) is 0 Å². The summed E-state index contributed by atoms with van der Waals surface area (Å²) in [7, 11) is 0. The average Bonchev–Trinajstić information content (AvgIpc) is 2.02. The highest BCUT2D eigenvalue weighted by atomic mass is 16.5. The molecule has 0 amide bonds. The minimum absolute atomic E-state index is 0.206. The second kappa shape index (κ2) is 5.65. The minimum atomic E-state index is -0.550. The summed E-state index contributed by atoms with van der Waals surface area (Å²) >= 11 is 0. The van der Waals surface area contributed by atoms with E-state index in [4.69, 9.17) is 5.73 Å². The van der Waals surface area contributed by atoms with Gasteiger partial charge in [-0.3, -0.25) is 5.73 Å². The molecule has 2 N–H and O–H groups in total. The predicted octanol–water partition coefficient (Wildman–Crippen LogP) is 0.479. The van der Waals surface area contributed by atoms with Crippen LogP contribution in [0.4, 0.5) is 0 Å². The lowest BCUT2D eigenvalue weighted by Crippen LogP contribution is -2.18. The van der Waals surface area contributed by atoms with Crippen molar-refractivity contribution < 1.29 is 9.66 Å². The van der Waals surface area contributed by atoms with E-state index in [0.717, 1.165) is 0 Å². The lowest BCUT2D eigenvalue weighted by molar-refractivity contribution is -0.531. The Bertz CT molecular complexity index is 168. The largest absolute Gasteiger partial charge is 0.599 e. The molecule has 0 saturated heterocycles. The van der Waals surface area contributed by atoms with Crippen LogP contribution in [0.1, 0.15) is 20.3 Å². The fourth-order valence-corrected chi connectivity index (χ4v) is 0.825. The van der Waals surface area contributed by atoms with Crippen molar-refractivity contribution in [2.24, 2.45) is 16.8 Å². The number of carbonyl (C=O) groups is 1. The SMILES string of the molecule is CC(C)C[C@@H](C=O)N=[N+]([O-])CN. The number of nitrogens with zero attached hydrogens (tertiary/aromatic N) is 2. The van der Waals surface area contributed by atoms with Gasteiger partial charge >= 0.3 is 0 Å². The van der Waals surface area contributed by atoms with Crippen LogP contribution in [0.25, 0.3) is 0 Å². The van der Waals surface area contributed by atoms with Crippen LogP contribution < -0.4 is 5.73 Å². The van der Waals surface area contributed by atoms with Crippen molar-refractivity contribution in [2.45, 2.75) is 26.3 Å². The van der Waals surface area contributed by atoms with E-state index in [9.17, 15) is 10.0 Å². The molecule has 0 rings (SSSR count). The van der Waals surface area contributed by atoms with Gasteiger partial charge in [-0.05, 0) is 17.5 Å². The van der Waals surface area contributed by atoms with Gasteiger partial charge in [0, 0.05) is 0 Å². The van der Waals surface area contributed by atoms with E-state index >= 15 is 0 Å². The normalized spacial score (nSPS) is 14.8. The number of rotatable bonds is 5. The quantitative estimate of drug-likeness (QED) is 0.216.